The van der Waals surface area contributed by atoms with E-state index in [0.29, 0.717) is 35.0 Å². The lowest BCUT2D eigenvalue weighted by atomic mass is 10.0. The summed E-state index contributed by atoms with van der Waals surface area (Å²) in [4.78, 5) is 27.5. The van der Waals surface area contributed by atoms with Crippen LogP contribution < -0.4 is 10.1 Å². The summed E-state index contributed by atoms with van der Waals surface area (Å²) in [6.07, 6.45) is 1.69. The number of hydrogen-bond acceptors (Lipinski definition) is 4. The van der Waals surface area contributed by atoms with Crippen LogP contribution in [0.25, 0.3) is 0 Å². The van der Waals surface area contributed by atoms with E-state index in [0.717, 1.165) is 11.3 Å². The SMILES string of the molecule is C=CCOc1ccc(CN(C)CC(=O)Nc2ccc(Cl)cc2C(=O)c2ccccc2)cc1. The van der Waals surface area contributed by atoms with Gasteiger partial charge in [-0.3, -0.25) is 14.5 Å². The number of ketones is 1. The van der Waals surface area contributed by atoms with E-state index in [2.05, 4.69) is 11.9 Å². The van der Waals surface area contributed by atoms with Crippen LogP contribution in [-0.2, 0) is 11.3 Å². The molecular formula is C26H25ClN2O3. The summed E-state index contributed by atoms with van der Waals surface area (Å²) >= 11 is 6.11. The van der Waals surface area contributed by atoms with Gasteiger partial charge in [0.1, 0.15) is 12.4 Å². The summed E-state index contributed by atoms with van der Waals surface area (Å²) in [5.41, 5.74) is 2.38. The van der Waals surface area contributed by atoms with Crippen molar-refractivity contribution in [2.24, 2.45) is 0 Å². The Morgan fingerprint density at radius 3 is 2.47 bits per heavy atom. The van der Waals surface area contributed by atoms with Gasteiger partial charge in [0, 0.05) is 22.7 Å². The topological polar surface area (TPSA) is 58.6 Å². The lowest BCUT2D eigenvalue weighted by Gasteiger charge is -2.17. The molecule has 0 fully saturated rings. The quantitative estimate of drug-likeness (QED) is 0.342. The summed E-state index contributed by atoms with van der Waals surface area (Å²) in [6, 6.07) is 21.5. The normalized spacial score (nSPS) is 10.6. The molecule has 6 heteroatoms. The van der Waals surface area contributed by atoms with Crippen LogP contribution in [0.5, 0.6) is 5.75 Å². The number of halogens is 1. The van der Waals surface area contributed by atoms with Crippen molar-refractivity contribution in [3.8, 4) is 5.75 Å². The van der Waals surface area contributed by atoms with E-state index in [4.69, 9.17) is 16.3 Å². The van der Waals surface area contributed by atoms with E-state index < -0.39 is 0 Å². The molecule has 0 heterocycles. The van der Waals surface area contributed by atoms with Crippen LogP contribution in [0, 0.1) is 0 Å². The monoisotopic (exact) mass is 448 g/mol. The molecule has 0 bridgehead atoms. The number of nitrogens with zero attached hydrogens (tertiary/aromatic N) is 1. The number of carbonyl (C=O) groups excluding carboxylic acids is 2. The number of amides is 1. The maximum Gasteiger partial charge on any atom is 0.238 e. The molecule has 0 aliphatic carbocycles. The van der Waals surface area contributed by atoms with E-state index in [1.54, 1.807) is 48.5 Å². The van der Waals surface area contributed by atoms with Gasteiger partial charge in [-0.1, -0.05) is 66.7 Å². The third-order valence-electron chi connectivity index (χ3n) is 4.69. The molecule has 0 radical (unpaired) electrons. The van der Waals surface area contributed by atoms with Crippen LogP contribution in [-0.4, -0.2) is 36.8 Å². The van der Waals surface area contributed by atoms with Crippen molar-refractivity contribution in [3.05, 3.63) is 107 Å². The number of anilines is 1. The van der Waals surface area contributed by atoms with Crippen LogP contribution >= 0.6 is 11.6 Å². The Morgan fingerprint density at radius 1 is 1.06 bits per heavy atom. The first-order valence-electron chi connectivity index (χ1n) is 10.2. The van der Waals surface area contributed by atoms with Gasteiger partial charge in [-0.05, 0) is 42.9 Å². The van der Waals surface area contributed by atoms with E-state index in [1.807, 2.05) is 42.3 Å². The standard InChI is InChI=1S/C26H25ClN2O3/c1-3-15-32-22-12-9-19(10-13-22)17-29(2)18-25(30)28-24-14-11-21(27)16-23(24)26(31)20-7-5-4-6-8-20/h3-14,16H,1,15,17-18H2,2H3,(H,28,30). The van der Waals surface area contributed by atoms with Crippen molar-refractivity contribution in [1.82, 2.24) is 4.90 Å². The molecule has 0 saturated carbocycles. The van der Waals surface area contributed by atoms with E-state index in [1.165, 1.54) is 0 Å². The Kier molecular flexibility index (Phi) is 8.20. The number of ether oxygens (including phenoxy) is 1. The highest BCUT2D eigenvalue weighted by molar-refractivity contribution is 6.31. The number of nitrogens with one attached hydrogen (secondary N) is 1. The molecule has 5 nitrogen and oxygen atoms in total. The van der Waals surface area contributed by atoms with Crippen molar-refractivity contribution in [1.29, 1.82) is 0 Å². The fourth-order valence-electron chi connectivity index (χ4n) is 3.21. The van der Waals surface area contributed by atoms with Gasteiger partial charge in [-0.2, -0.15) is 0 Å². The molecule has 164 valence electrons. The molecule has 3 rings (SSSR count). The molecule has 3 aromatic rings. The molecular weight excluding hydrogens is 424 g/mol. The number of likely N-dealkylation sites (N-methyl/N-ethyl adjacent to an activating group) is 1. The summed E-state index contributed by atoms with van der Waals surface area (Å²) in [7, 11) is 1.86. The molecule has 1 N–H and O–H groups in total. The van der Waals surface area contributed by atoms with Gasteiger partial charge in [0.15, 0.2) is 5.78 Å². The fraction of sp³-hybridized carbons (Fsp3) is 0.154. The Labute approximate surface area is 193 Å². The number of benzene rings is 3. The molecule has 0 saturated heterocycles. The maximum absolute atomic E-state index is 12.9. The largest absolute Gasteiger partial charge is 0.490 e. The molecule has 0 aliphatic heterocycles. The number of carbonyl (C=O) groups is 2. The first-order valence-corrected chi connectivity index (χ1v) is 10.5. The molecule has 1 amide bonds. The highest BCUT2D eigenvalue weighted by Gasteiger charge is 2.17. The fourth-order valence-corrected chi connectivity index (χ4v) is 3.38. The molecule has 0 aromatic heterocycles. The molecule has 0 atom stereocenters. The smallest absolute Gasteiger partial charge is 0.238 e. The van der Waals surface area contributed by atoms with Crippen molar-refractivity contribution in [2.75, 3.05) is 25.5 Å². The maximum atomic E-state index is 12.9. The first-order chi connectivity index (χ1) is 15.5. The summed E-state index contributed by atoms with van der Waals surface area (Å²) < 4.78 is 5.48. The highest BCUT2D eigenvalue weighted by Crippen LogP contribution is 2.24. The first kappa shape index (κ1) is 23.3. The van der Waals surface area contributed by atoms with Crippen molar-refractivity contribution in [3.63, 3.8) is 0 Å². The summed E-state index contributed by atoms with van der Waals surface area (Å²) in [5, 5.41) is 3.28. The molecule has 3 aromatic carbocycles. The molecule has 0 aliphatic rings. The minimum Gasteiger partial charge on any atom is -0.490 e. The second-order valence-corrected chi connectivity index (χ2v) is 7.79. The van der Waals surface area contributed by atoms with Gasteiger partial charge in [-0.15, -0.1) is 0 Å². The Hall–Kier alpha value is -3.41. The predicted octanol–water partition coefficient (Wildman–Crippen LogP) is 5.21. The lowest BCUT2D eigenvalue weighted by molar-refractivity contribution is -0.117. The summed E-state index contributed by atoms with van der Waals surface area (Å²) in [6.45, 7) is 4.84. The third-order valence-corrected chi connectivity index (χ3v) is 4.93. The van der Waals surface area contributed by atoms with Gasteiger partial charge >= 0.3 is 0 Å². The van der Waals surface area contributed by atoms with Crippen LogP contribution in [0.3, 0.4) is 0 Å². The van der Waals surface area contributed by atoms with Gasteiger partial charge in [0.05, 0.1) is 12.2 Å². The van der Waals surface area contributed by atoms with Crippen LogP contribution in [0.4, 0.5) is 5.69 Å². The molecule has 0 unspecified atom stereocenters. The van der Waals surface area contributed by atoms with E-state index in [9.17, 15) is 9.59 Å². The molecule has 32 heavy (non-hydrogen) atoms. The Bertz CT molecular complexity index is 1080. The minimum absolute atomic E-state index is 0.163. The Morgan fingerprint density at radius 2 is 1.78 bits per heavy atom. The lowest BCUT2D eigenvalue weighted by Crippen LogP contribution is -2.30. The summed E-state index contributed by atoms with van der Waals surface area (Å²) in [5.74, 6) is 0.353. The van der Waals surface area contributed by atoms with Crippen LogP contribution in [0.2, 0.25) is 5.02 Å². The second-order valence-electron chi connectivity index (χ2n) is 7.35. The van der Waals surface area contributed by atoms with Crippen LogP contribution in [0.1, 0.15) is 21.5 Å². The van der Waals surface area contributed by atoms with Gasteiger partial charge in [0.2, 0.25) is 5.91 Å². The third kappa shape index (κ3) is 6.54. The van der Waals surface area contributed by atoms with E-state index >= 15 is 0 Å². The minimum atomic E-state index is -0.220. The average molecular weight is 449 g/mol. The number of hydrogen-bond donors (Lipinski definition) is 1. The van der Waals surface area contributed by atoms with E-state index in [-0.39, 0.29) is 18.2 Å². The van der Waals surface area contributed by atoms with Gasteiger partial charge < -0.3 is 10.1 Å². The Balaban J connectivity index is 1.63. The zero-order chi connectivity index (χ0) is 22.9. The zero-order valence-corrected chi connectivity index (χ0v) is 18.6. The van der Waals surface area contributed by atoms with Crippen molar-refractivity contribution >= 4 is 29.0 Å². The van der Waals surface area contributed by atoms with Gasteiger partial charge in [0.25, 0.3) is 0 Å². The van der Waals surface area contributed by atoms with Gasteiger partial charge in [-0.25, -0.2) is 0 Å². The highest BCUT2D eigenvalue weighted by atomic mass is 35.5. The second kappa shape index (κ2) is 11.3. The average Bonchev–Trinajstić information content (AvgIpc) is 2.79. The number of rotatable bonds is 10. The zero-order valence-electron chi connectivity index (χ0n) is 17.9. The van der Waals surface area contributed by atoms with Crippen molar-refractivity contribution < 1.29 is 14.3 Å². The molecule has 0 spiro atoms. The van der Waals surface area contributed by atoms with Crippen molar-refractivity contribution in [2.45, 2.75) is 6.54 Å². The predicted molar refractivity (Wildman–Crippen MR) is 128 cm³/mol. The van der Waals surface area contributed by atoms with Crippen LogP contribution in [0.15, 0.2) is 85.5 Å².